The third kappa shape index (κ3) is 3.01. The van der Waals surface area contributed by atoms with Gasteiger partial charge in [0.25, 0.3) is 0 Å². The molecule has 0 fully saturated rings. The van der Waals surface area contributed by atoms with Gasteiger partial charge in [-0.15, -0.1) is 0 Å². The topological polar surface area (TPSA) is 81.7 Å². The van der Waals surface area contributed by atoms with Gasteiger partial charge in [0.1, 0.15) is 23.7 Å². The number of hydrogen-bond acceptors (Lipinski definition) is 6. The SMILES string of the molecule is COc1ccccc1Oc1coc2cc(OCC#N)ccc2c1=O. The molecule has 6 heteroatoms. The Balaban J connectivity index is 1.97. The molecular formula is C18H13NO5. The van der Waals surface area contributed by atoms with Crippen LogP contribution in [0.15, 0.2) is 57.9 Å². The van der Waals surface area contributed by atoms with Gasteiger partial charge < -0.3 is 18.6 Å². The smallest absolute Gasteiger partial charge is 0.235 e. The van der Waals surface area contributed by atoms with Crippen molar-refractivity contribution in [2.45, 2.75) is 0 Å². The number of para-hydroxylation sites is 2. The van der Waals surface area contributed by atoms with Gasteiger partial charge in [-0.2, -0.15) is 5.26 Å². The van der Waals surface area contributed by atoms with Crippen molar-refractivity contribution in [3.63, 3.8) is 0 Å². The molecule has 24 heavy (non-hydrogen) atoms. The predicted octanol–water partition coefficient (Wildman–Crippen LogP) is 3.50. The first kappa shape index (κ1) is 15.4. The Labute approximate surface area is 137 Å². The largest absolute Gasteiger partial charge is 0.493 e. The number of benzene rings is 2. The third-order valence-electron chi connectivity index (χ3n) is 3.31. The Kier molecular flexibility index (Phi) is 4.34. The minimum atomic E-state index is -0.311. The molecule has 0 aliphatic carbocycles. The van der Waals surface area contributed by atoms with E-state index in [1.165, 1.54) is 13.4 Å². The van der Waals surface area contributed by atoms with E-state index >= 15 is 0 Å². The molecule has 0 radical (unpaired) electrons. The summed E-state index contributed by atoms with van der Waals surface area (Å²) in [5, 5.41) is 8.88. The molecule has 6 nitrogen and oxygen atoms in total. The van der Waals surface area contributed by atoms with Crippen molar-refractivity contribution in [2.75, 3.05) is 13.7 Å². The quantitative estimate of drug-likeness (QED) is 0.715. The fourth-order valence-electron chi connectivity index (χ4n) is 2.19. The van der Waals surface area contributed by atoms with Crippen LogP contribution in [0.2, 0.25) is 0 Å². The normalized spacial score (nSPS) is 10.2. The summed E-state index contributed by atoms with van der Waals surface area (Å²) in [7, 11) is 1.52. The number of rotatable bonds is 5. The van der Waals surface area contributed by atoms with Crippen LogP contribution < -0.4 is 19.6 Å². The molecule has 0 atom stereocenters. The van der Waals surface area contributed by atoms with Gasteiger partial charge in [-0.25, -0.2) is 0 Å². The van der Waals surface area contributed by atoms with E-state index in [0.717, 1.165) is 0 Å². The molecule has 1 aromatic heterocycles. The van der Waals surface area contributed by atoms with Crippen LogP contribution in [0.1, 0.15) is 0 Å². The zero-order chi connectivity index (χ0) is 16.9. The molecule has 0 amide bonds. The van der Waals surface area contributed by atoms with Gasteiger partial charge >= 0.3 is 0 Å². The summed E-state index contributed by atoms with van der Waals surface area (Å²) >= 11 is 0. The summed E-state index contributed by atoms with van der Waals surface area (Å²) in [6, 6.07) is 13.6. The van der Waals surface area contributed by atoms with Crippen LogP contribution in [0.5, 0.6) is 23.0 Å². The van der Waals surface area contributed by atoms with Crippen molar-refractivity contribution in [3.05, 3.63) is 59.0 Å². The molecule has 2 aromatic carbocycles. The minimum Gasteiger partial charge on any atom is -0.493 e. The molecule has 0 saturated heterocycles. The molecule has 0 bridgehead atoms. The Morgan fingerprint density at radius 3 is 2.67 bits per heavy atom. The highest BCUT2D eigenvalue weighted by Gasteiger charge is 2.12. The molecule has 3 rings (SSSR count). The summed E-state index contributed by atoms with van der Waals surface area (Å²) in [4.78, 5) is 12.5. The Bertz CT molecular complexity index is 971. The van der Waals surface area contributed by atoms with Crippen molar-refractivity contribution in [2.24, 2.45) is 0 Å². The number of ether oxygens (including phenoxy) is 3. The van der Waals surface area contributed by atoms with Gasteiger partial charge in [0.05, 0.1) is 12.5 Å². The second-order valence-corrected chi connectivity index (χ2v) is 4.79. The maximum atomic E-state index is 12.5. The standard InChI is InChI=1S/C18H13NO5/c1-21-14-4-2-3-5-15(14)24-17-11-23-16-10-12(22-9-8-19)6-7-13(16)18(17)20/h2-7,10-11H,9H2,1H3. The number of nitriles is 1. The zero-order valence-corrected chi connectivity index (χ0v) is 12.8. The highest BCUT2D eigenvalue weighted by atomic mass is 16.5. The first-order valence-electron chi connectivity index (χ1n) is 7.09. The Morgan fingerprint density at radius 2 is 1.92 bits per heavy atom. The van der Waals surface area contributed by atoms with E-state index in [-0.39, 0.29) is 17.8 Å². The number of nitrogens with zero attached hydrogens (tertiary/aromatic N) is 1. The van der Waals surface area contributed by atoms with E-state index in [1.807, 2.05) is 6.07 Å². The van der Waals surface area contributed by atoms with Crippen LogP contribution in [0.3, 0.4) is 0 Å². The second-order valence-electron chi connectivity index (χ2n) is 4.79. The molecule has 3 aromatic rings. The average molecular weight is 323 g/mol. The lowest BCUT2D eigenvalue weighted by molar-refractivity contribution is 0.367. The minimum absolute atomic E-state index is 0.0534. The van der Waals surface area contributed by atoms with E-state index in [9.17, 15) is 4.79 Å². The van der Waals surface area contributed by atoms with E-state index in [1.54, 1.807) is 42.5 Å². The summed E-state index contributed by atoms with van der Waals surface area (Å²) < 4.78 is 21.5. The lowest BCUT2D eigenvalue weighted by atomic mass is 10.2. The van der Waals surface area contributed by atoms with Gasteiger partial charge in [0.15, 0.2) is 18.1 Å². The molecule has 0 N–H and O–H groups in total. The summed E-state index contributed by atoms with van der Waals surface area (Å²) in [5.74, 6) is 1.43. The number of fused-ring (bicyclic) bond motifs is 1. The van der Waals surface area contributed by atoms with E-state index in [0.29, 0.717) is 28.2 Å². The monoisotopic (exact) mass is 323 g/mol. The summed E-state index contributed by atoms with van der Waals surface area (Å²) in [6.07, 6.45) is 1.24. The maximum absolute atomic E-state index is 12.5. The molecule has 120 valence electrons. The van der Waals surface area contributed by atoms with Crippen molar-refractivity contribution < 1.29 is 18.6 Å². The lowest BCUT2D eigenvalue weighted by Gasteiger charge is -2.09. The van der Waals surface area contributed by atoms with E-state index in [4.69, 9.17) is 23.9 Å². The highest BCUT2D eigenvalue weighted by Crippen LogP contribution is 2.30. The number of hydrogen-bond donors (Lipinski definition) is 0. The van der Waals surface area contributed by atoms with Crippen LogP contribution in [-0.4, -0.2) is 13.7 Å². The highest BCUT2D eigenvalue weighted by molar-refractivity contribution is 5.79. The van der Waals surface area contributed by atoms with Gasteiger partial charge in [-0.05, 0) is 24.3 Å². The second kappa shape index (κ2) is 6.75. The van der Waals surface area contributed by atoms with Crippen molar-refractivity contribution in [1.29, 1.82) is 5.26 Å². The van der Waals surface area contributed by atoms with E-state index < -0.39 is 0 Å². The average Bonchev–Trinajstić information content (AvgIpc) is 2.62. The first-order valence-corrected chi connectivity index (χ1v) is 7.09. The van der Waals surface area contributed by atoms with Crippen molar-refractivity contribution >= 4 is 11.0 Å². The van der Waals surface area contributed by atoms with E-state index in [2.05, 4.69) is 0 Å². The van der Waals surface area contributed by atoms with Gasteiger partial charge in [0.2, 0.25) is 11.2 Å². The Hall–Kier alpha value is -3.46. The Morgan fingerprint density at radius 1 is 1.12 bits per heavy atom. The molecule has 0 aliphatic heterocycles. The molecule has 0 aliphatic rings. The first-order chi connectivity index (χ1) is 11.7. The summed E-state index contributed by atoms with van der Waals surface area (Å²) in [5.41, 5.74) is 0.0387. The fraction of sp³-hybridized carbons (Fsp3) is 0.111. The zero-order valence-electron chi connectivity index (χ0n) is 12.8. The lowest BCUT2D eigenvalue weighted by Crippen LogP contribution is -2.05. The molecule has 1 heterocycles. The van der Waals surface area contributed by atoms with Crippen LogP contribution in [0, 0.1) is 11.3 Å². The molecular weight excluding hydrogens is 310 g/mol. The predicted molar refractivity (Wildman–Crippen MR) is 86.7 cm³/mol. The number of methoxy groups -OCH3 is 1. The van der Waals surface area contributed by atoms with Crippen LogP contribution in [0.4, 0.5) is 0 Å². The van der Waals surface area contributed by atoms with Crippen LogP contribution in [-0.2, 0) is 0 Å². The fourth-order valence-corrected chi connectivity index (χ4v) is 2.19. The van der Waals surface area contributed by atoms with Gasteiger partial charge in [0, 0.05) is 6.07 Å². The van der Waals surface area contributed by atoms with Gasteiger partial charge in [-0.3, -0.25) is 4.79 Å². The molecule has 0 unspecified atom stereocenters. The molecule has 0 spiro atoms. The maximum Gasteiger partial charge on any atom is 0.235 e. The van der Waals surface area contributed by atoms with Crippen LogP contribution >= 0.6 is 0 Å². The third-order valence-corrected chi connectivity index (χ3v) is 3.31. The summed E-state index contributed by atoms with van der Waals surface area (Å²) in [6.45, 7) is -0.0786. The van der Waals surface area contributed by atoms with Crippen molar-refractivity contribution in [3.8, 4) is 29.1 Å². The van der Waals surface area contributed by atoms with Gasteiger partial charge in [-0.1, -0.05) is 12.1 Å². The molecule has 0 saturated carbocycles. The van der Waals surface area contributed by atoms with Crippen LogP contribution in [0.25, 0.3) is 11.0 Å². The van der Waals surface area contributed by atoms with Crippen molar-refractivity contribution in [1.82, 2.24) is 0 Å².